The van der Waals surface area contributed by atoms with Gasteiger partial charge in [0.05, 0.1) is 10.7 Å². The zero-order valence-electron chi connectivity index (χ0n) is 16.2. The van der Waals surface area contributed by atoms with Crippen molar-refractivity contribution < 1.29 is 18.9 Å². The molecule has 9 heteroatoms. The third-order valence-corrected chi connectivity index (χ3v) is 5.21. The molecule has 3 aromatic carbocycles. The first kappa shape index (κ1) is 22.0. The molecule has 0 unspecified atom stereocenters. The summed E-state index contributed by atoms with van der Waals surface area (Å²) in [6, 6.07) is 18.3. The predicted molar refractivity (Wildman–Crippen MR) is 116 cm³/mol. The molecule has 0 bridgehead atoms. The highest BCUT2D eigenvalue weighted by Crippen LogP contribution is 2.21. The molecule has 0 aliphatic carbocycles. The highest BCUT2D eigenvalue weighted by Gasteiger charge is 2.08. The fourth-order valence-corrected chi connectivity index (χ4v) is 3.36. The fourth-order valence-electron chi connectivity index (χ4n) is 2.63. The lowest BCUT2D eigenvalue weighted by molar-refractivity contribution is -0.384. The summed E-state index contributed by atoms with van der Waals surface area (Å²) in [5.74, 6) is -0.801. The Morgan fingerprint density at radius 2 is 1.71 bits per heavy atom. The maximum Gasteiger partial charge on any atom is 0.269 e. The number of hydrogen-bond acceptors (Lipinski definition) is 5. The first-order valence-corrected chi connectivity index (χ1v) is 10.2. The topological polar surface area (TPSA) is 101 Å². The number of halogens is 1. The molecule has 0 heterocycles. The first-order chi connectivity index (χ1) is 14.9. The normalized spacial score (nSPS) is 10.4. The molecule has 7 nitrogen and oxygen atoms in total. The Morgan fingerprint density at radius 3 is 2.39 bits per heavy atom. The van der Waals surface area contributed by atoms with Crippen LogP contribution in [0.4, 0.5) is 15.8 Å². The number of rotatable bonds is 8. The third kappa shape index (κ3) is 6.65. The summed E-state index contributed by atoms with van der Waals surface area (Å²) in [7, 11) is 0. The van der Waals surface area contributed by atoms with Gasteiger partial charge < -0.3 is 10.6 Å². The Morgan fingerprint density at radius 1 is 1.00 bits per heavy atom. The lowest BCUT2D eigenvalue weighted by Crippen LogP contribution is -2.24. The van der Waals surface area contributed by atoms with Crippen LogP contribution in [0.1, 0.15) is 15.9 Å². The summed E-state index contributed by atoms with van der Waals surface area (Å²) in [6.45, 7) is 0.278. The van der Waals surface area contributed by atoms with E-state index in [0.29, 0.717) is 11.3 Å². The number of benzene rings is 3. The monoisotopic (exact) mass is 439 g/mol. The van der Waals surface area contributed by atoms with E-state index in [9.17, 15) is 24.1 Å². The molecular formula is C22H18FN3O4S. The number of anilines is 1. The molecule has 0 atom stereocenters. The van der Waals surface area contributed by atoms with Gasteiger partial charge in [-0.15, -0.1) is 11.8 Å². The number of non-ortho nitro benzene ring substituents is 1. The molecule has 0 aromatic heterocycles. The van der Waals surface area contributed by atoms with Crippen molar-refractivity contribution >= 4 is 35.0 Å². The Balaban J connectivity index is 1.49. The number of nitrogens with one attached hydrogen (secondary N) is 2. The Labute approximate surface area is 181 Å². The predicted octanol–water partition coefficient (Wildman–Crippen LogP) is 4.39. The van der Waals surface area contributed by atoms with E-state index in [-0.39, 0.29) is 29.8 Å². The Kier molecular flexibility index (Phi) is 7.34. The van der Waals surface area contributed by atoms with Crippen LogP contribution >= 0.6 is 11.8 Å². The zero-order valence-corrected chi connectivity index (χ0v) is 17.0. The first-order valence-electron chi connectivity index (χ1n) is 9.20. The van der Waals surface area contributed by atoms with Crippen molar-refractivity contribution in [2.45, 2.75) is 11.4 Å². The van der Waals surface area contributed by atoms with Crippen molar-refractivity contribution in [3.8, 4) is 0 Å². The average Bonchev–Trinajstić information content (AvgIpc) is 2.77. The zero-order chi connectivity index (χ0) is 22.2. The minimum absolute atomic E-state index is 0.000187. The molecule has 0 fully saturated rings. The van der Waals surface area contributed by atoms with Crippen LogP contribution in [0.25, 0.3) is 0 Å². The standard InChI is InChI=1S/C22H18FN3O4S/c23-17-6-4-16(5-7-17)22(28)25-18-3-1-2-15(12-18)13-24-21(27)14-31-20-10-8-19(9-11-20)26(29)30/h1-12H,13-14H2,(H,24,27)(H,25,28). The Bertz CT molecular complexity index is 1090. The third-order valence-electron chi connectivity index (χ3n) is 4.20. The van der Waals surface area contributed by atoms with E-state index in [4.69, 9.17) is 0 Å². The Hall–Kier alpha value is -3.72. The van der Waals surface area contributed by atoms with E-state index in [0.717, 1.165) is 10.5 Å². The van der Waals surface area contributed by atoms with Crippen LogP contribution in [0.5, 0.6) is 0 Å². The highest BCUT2D eigenvalue weighted by atomic mass is 32.2. The largest absolute Gasteiger partial charge is 0.351 e. The van der Waals surface area contributed by atoms with Gasteiger partial charge in [0.25, 0.3) is 11.6 Å². The minimum Gasteiger partial charge on any atom is -0.351 e. The van der Waals surface area contributed by atoms with Crippen LogP contribution in [0.15, 0.2) is 77.7 Å². The second-order valence-electron chi connectivity index (χ2n) is 6.48. The molecule has 0 aliphatic heterocycles. The number of carbonyl (C=O) groups excluding carboxylic acids is 2. The van der Waals surface area contributed by atoms with Gasteiger partial charge >= 0.3 is 0 Å². The number of nitrogens with zero attached hydrogens (tertiary/aromatic N) is 1. The fraction of sp³-hybridized carbons (Fsp3) is 0.0909. The molecule has 31 heavy (non-hydrogen) atoms. The van der Waals surface area contributed by atoms with Crippen molar-refractivity contribution in [3.63, 3.8) is 0 Å². The van der Waals surface area contributed by atoms with Gasteiger partial charge in [-0.2, -0.15) is 0 Å². The quantitative estimate of drug-likeness (QED) is 0.308. The van der Waals surface area contributed by atoms with Crippen LogP contribution in [0, 0.1) is 15.9 Å². The second kappa shape index (κ2) is 10.4. The molecule has 0 radical (unpaired) electrons. The molecular weight excluding hydrogens is 421 g/mol. The van der Waals surface area contributed by atoms with Crippen LogP contribution in [-0.2, 0) is 11.3 Å². The van der Waals surface area contributed by atoms with E-state index in [1.807, 2.05) is 6.07 Å². The van der Waals surface area contributed by atoms with Crippen LogP contribution in [0.2, 0.25) is 0 Å². The molecule has 3 rings (SSSR count). The van der Waals surface area contributed by atoms with Crippen molar-refractivity contribution in [1.82, 2.24) is 5.32 Å². The lowest BCUT2D eigenvalue weighted by Gasteiger charge is -2.09. The maximum atomic E-state index is 13.0. The molecule has 3 aromatic rings. The summed E-state index contributed by atoms with van der Waals surface area (Å²) in [6.07, 6.45) is 0. The van der Waals surface area contributed by atoms with Crippen LogP contribution < -0.4 is 10.6 Å². The van der Waals surface area contributed by atoms with E-state index in [1.54, 1.807) is 30.3 Å². The van der Waals surface area contributed by atoms with Gasteiger partial charge in [-0.3, -0.25) is 19.7 Å². The van der Waals surface area contributed by atoms with Gasteiger partial charge in [-0.05, 0) is 54.1 Å². The van der Waals surface area contributed by atoms with Crippen LogP contribution in [-0.4, -0.2) is 22.5 Å². The van der Waals surface area contributed by atoms with E-state index in [2.05, 4.69) is 10.6 Å². The van der Waals surface area contributed by atoms with Crippen LogP contribution in [0.3, 0.4) is 0 Å². The number of thioether (sulfide) groups is 1. The second-order valence-corrected chi connectivity index (χ2v) is 7.53. The van der Waals surface area contributed by atoms with Crippen molar-refractivity contribution in [2.75, 3.05) is 11.1 Å². The summed E-state index contributed by atoms with van der Waals surface area (Å²) in [4.78, 5) is 35.3. The maximum absolute atomic E-state index is 13.0. The summed E-state index contributed by atoms with van der Waals surface area (Å²) in [5.41, 5.74) is 1.69. The van der Waals surface area contributed by atoms with E-state index in [1.165, 1.54) is 48.2 Å². The number of amides is 2. The van der Waals surface area contributed by atoms with E-state index >= 15 is 0 Å². The molecule has 0 saturated carbocycles. The minimum atomic E-state index is -0.475. The summed E-state index contributed by atoms with van der Waals surface area (Å²) < 4.78 is 13.0. The molecule has 2 amide bonds. The van der Waals surface area contributed by atoms with Crippen molar-refractivity contribution in [1.29, 1.82) is 0 Å². The SMILES string of the molecule is O=C(CSc1ccc([N+](=O)[O-])cc1)NCc1cccc(NC(=O)c2ccc(F)cc2)c1. The molecule has 2 N–H and O–H groups in total. The van der Waals surface area contributed by atoms with Gasteiger partial charge in [-0.1, -0.05) is 12.1 Å². The summed E-state index contributed by atoms with van der Waals surface area (Å²) in [5, 5.41) is 16.2. The molecule has 0 aliphatic rings. The van der Waals surface area contributed by atoms with Gasteiger partial charge in [0.2, 0.25) is 5.91 Å². The number of hydrogen-bond donors (Lipinski definition) is 2. The average molecular weight is 439 g/mol. The highest BCUT2D eigenvalue weighted by molar-refractivity contribution is 8.00. The molecule has 0 saturated heterocycles. The number of nitro benzene ring substituents is 1. The van der Waals surface area contributed by atoms with Gasteiger partial charge in [-0.25, -0.2) is 4.39 Å². The number of carbonyl (C=O) groups is 2. The lowest BCUT2D eigenvalue weighted by atomic mass is 10.1. The van der Waals surface area contributed by atoms with Crippen molar-refractivity contribution in [2.24, 2.45) is 0 Å². The number of nitro groups is 1. The van der Waals surface area contributed by atoms with Crippen molar-refractivity contribution in [3.05, 3.63) is 99.9 Å². The van der Waals surface area contributed by atoms with Gasteiger partial charge in [0, 0.05) is 34.8 Å². The molecule has 0 spiro atoms. The smallest absolute Gasteiger partial charge is 0.269 e. The van der Waals surface area contributed by atoms with Gasteiger partial charge in [0.15, 0.2) is 0 Å². The summed E-state index contributed by atoms with van der Waals surface area (Å²) >= 11 is 1.28. The van der Waals surface area contributed by atoms with E-state index < -0.39 is 10.7 Å². The molecule has 158 valence electrons. The van der Waals surface area contributed by atoms with Gasteiger partial charge in [0.1, 0.15) is 5.82 Å².